The molecule has 4 rings (SSSR count). The summed E-state index contributed by atoms with van der Waals surface area (Å²) in [5.41, 5.74) is 0.250. The number of hydrogen-bond acceptors (Lipinski definition) is 5. The first-order valence-electron chi connectivity index (χ1n) is 9.79. The number of ether oxygens (including phenoxy) is 1. The number of benzene rings is 2. The van der Waals surface area contributed by atoms with Crippen LogP contribution in [0.1, 0.15) is 40.6 Å². The topological polar surface area (TPSA) is 68.5 Å². The van der Waals surface area contributed by atoms with E-state index in [1.54, 1.807) is 12.0 Å². The average molecular weight is 431 g/mol. The molecule has 1 saturated heterocycles. The van der Waals surface area contributed by atoms with E-state index in [2.05, 4.69) is 10.1 Å². The van der Waals surface area contributed by atoms with Crippen LogP contribution in [0.25, 0.3) is 11.4 Å². The summed E-state index contributed by atoms with van der Waals surface area (Å²) in [6.45, 7) is 0.919. The molecule has 3 aromatic rings. The van der Waals surface area contributed by atoms with Gasteiger partial charge in [-0.2, -0.15) is 18.2 Å². The van der Waals surface area contributed by atoms with Gasteiger partial charge in [-0.3, -0.25) is 4.79 Å². The van der Waals surface area contributed by atoms with Crippen molar-refractivity contribution >= 4 is 5.91 Å². The summed E-state index contributed by atoms with van der Waals surface area (Å²) in [4.78, 5) is 18.8. The van der Waals surface area contributed by atoms with Gasteiger partial charge in [-0.25, -0.2) is 0 Å². The fourth-order valence-electron chi connectivity index (χ4n) is 3.59. The Bertz CT molecular complexity index is 1060. The van der Waals surface area contributed by atoms with Crippen molar-refractivity contribution in [2.24, 2.45) is 0 Å². The SMILES string of the molecule is COc1cccc(-c2noc(C3CCN(C(=O)c4ccc(C(F)(F)F)cc4)CC3)n2)c1. The molecule has 2 heterocycles. The molecule has 1 amide bonds. The van der Waals surface area contributed by atoms with Gasteiger partial charge in [0.05, 0.1) is 12.7 Å². The molecule has 1 fully saturated rings. The Morgan fingerprint density at radius 1 is 1.13 bits per heavy atom. The zero-order valence-corrected chi connectivity index (χ0v) is 16.7. The maximum absolute atomic E-state index is 12.7. The van der Waals surface area contributed by atoms with E-state index < -0.39 is 11.7 Å². The molecule has 162 valence electrons. The van der Waals surface area contributed by atoms with Gasteiger partial charge in [-0.15, -0.1) is 0 Å². The third-order valence-corrected chi connectivity index (χ3v) is 5.36. The van der Waals surface area contributed by atoms with Crippen molar-refractivity contribution in [2.45, 2.75) is 24.9 Å². The van der Waals surface area contributed by atoms with Crippen molar-refractivity contribution in [2.75, 3.05) is 20.2 Å². The van der Waals surface area contributed by atoms with Crippen LogP contribution in [0.4, 0.5) is 13.2 Å². The molecule has 6 nitrogen and oxygen atoms in total. The maximum Gasteiger partial charge on any atom is 0.416 e. The molecule has 9 heteroatoms. The zero-order valence-electron chi connectivity index (χ0n) is 16.7. The Kier molecular flexibility index (Phi) is 5.67. The fraction of sp³-hybridized carbons (Fsp3) is 0.318. The number of amides is 1. The van der Waals surface area contributed by atoms with E-state index in [1.165, 1.54) is 12.1 Å². The highest BCUT2D eigenvalue weighted by Crippen LogP contribution is 2.31. The van der Waals surface area contributed by atoms with Crippen molar-refractivity contribution in [1.29, 1.82) is 0 Å². The molecule has 0 spiro atoms. The van der Waals surface area contributed by atoms with Crippen LogP contribution < -0.4 is 4.74 Å². The minimum Gasteiger partial charge on any atom is -0.497 e. The van der Waals surface area contributed by atoms with E-state index in [9.17, 15) is 18.0 Å². The van der Waals surface area contributed by atoms with Crippen molar-refractivity contribution in [1.82, 2.24) is 15.0 Å². The Balaban J connectivity index is 1.38. The second-order valence-corrected chi connectivity index (χ2v) is 7.33. The molecule has 1 aromatic heterocycles. The van der Waals surface area contributed by atoms with Gasteiger partial charge in [0.25, 0.3) is 5.91 Å². The summed E-state index contributed by atoms with van der Waals surface area (Å²) in [6.07, 6.45) is -3.16. The number of nitrogens with zero attached hydrogens (tertiary/aromatic N) is 3. The van der Waals surface area contributed by atoms with Gasteiger partial charge in [0.15, 0.2) is 0 Å². The van der Waals surface area contributed by atoms with Crippen LogP contribution in [-0.2, 0) is 6.18 Å². The molecule has 0 atom stereocenters. The molecule has 0 bridgehead atoms. The van der Waals surface area contributed by atoms with Crippen LogP contribution >= 0.6 is 0 Å². The lowest BCUT2D eigenvalue weighted by Crippen LogP contribution is -2.38. The molecule has 31 heavy (non-hydrogen) atoms. The first-order valence-corrected chi connectivity index (χ1v) is 9.79. The number of methoxy groups -OCH3 is 1. The van der Waals surface area contributed by atoms with E-state index in [0.29, 0.717) is 43.4 Å². The average Bonchev–Trinajstić information content (AvgIpc) is 3.29. The molecular weight excluding hydrogens is 411 g/mol. The number of hydrogen-bond donors (Lipinski definition) is 0. The van der Waals surface area contributed by atoms with Gasteiger partial charge in [0, 0.05) is 30.1 Å². The first kappa shape index (κ1) is 20.9. The molecule has 0 unspecified atom stereocenters. The van der Waals surface area contributed by atoms with Gasteiger partial charge >= 0.3 is 6.18 Å². The molecule has 2 aromatic carbocycles. The van der Waals surface area contributed by atoms with Gasteiger partial charge < -0.3 is 14.2 Å². The maximum atomic E-state index is 12.7. The number of carbonyl (C=O) groups is 1. The number of piperidine rings is 1. The molecule has 0 radical (unpaired) electrons. The van der Waals surface area contributed by atoms with Crippen LogP contribution in [0.3, 0.4) is 0 Å². The highest BCUT2D eigenvalue weighted by molar-refractivity contribution is 5.94. The van der Waals surface area contributed by atoms with E-state index in [4.69, 9.17) is 9.26 Å². The van der Waals surface area contributed by atoms with E-state index in [-0.39, 0.29) is 17.4 Å². The van der Waals surface area contributed by atoms with Crippen LogP contribution in [-0.4, -0.2) is 41.1 Å². The zero-order chi connectivity index (χ0) is 22.0. The molecule has 1 aliphatic heterocycles. The smallest absolute Gasteiger partial charge is 0.416 e. The fourth-order valence-corrected chi connectivity index (χ4v) is 3.59. The minimum absolute atomic E-state index is 0.0171. The number of alkyl halides is 3. The third-order valence-electron chi connectivity index (χ3n) is 5.36. The predicted molar refractivity (Wildman–Crippen MR) is 106 cm³/mol. The summed E-state index contributed by atoms with van der Waals surface area (Å²) < 4.78 is 48.8. The Morgan fingerprint density at radius 3 is 2.48 bits per heavy atom. The van der Waals surface area contributed by atoms with Crippen molar-refractivity contribution in [3.8, 4) is 17.1 Å². The number of rotatable bonds is 4. The van der Waals surface area contributed by atoms with Gasteiger partial charge in [0.1, 0.15) is 5.75 Å². The summed E-state index contributed by atoms with van der Waals surface area (Å²) in [5.74, 6) is 1.41. The quantitative estimate of drug-likeness (QED) is 0.595. The molecular formula is C22H20F3N3O3. The van der Waals surface area contributed by atoms with Crippen LogP contribution in [0, 0.1) is 0 Å². The van der Waals surface area contributed by atoms with Crippen LogP contribution in [0.15, 0.2) is 53.1 Å². The normalized spacial score (nSPS) is 15.2. The standard InChI is InChI=1S/C22H20F3N3O3/c1-30-18-4-2-3-16(13-18)19-26-20(31-27-19)14-9-11-28(12-10-14)21(29)15-5-7-17(8-6-15)22(23,24)25/h2-8,13-14H,9-12H2,1H3. The Hall–Kier alpha value is -3.36. The van der Waals surface area contributed by atoms with Gasteiger partial charge in [0.2, 0.25) is 11.7 Å². The Morgan fingerprint density at radius 2 is 1.84 bits per heavy atom. The van der Waals surface area contributed by atoms with E-state index in [0.717, 1.165) is 17.7 Å². The first-order chi connectivity index (χ1) is 14.8. The van der Waals surface area contributed by atoms with Crippen molar-refractivity contribution < 1.29 is 27.2 Å². The highest BCUT2D eigenvalue weighted by Gasteiger charge is 2.31. The molecule has 0 N–H and O–H groups in total. The van der Waals surface area contributed by atoms with E-state index >= 15 is 0 Å². The largest absolute Gasteiger partial charge is 0.497 e. The number of carbonyl (C=O) groups excluding carboxylic acids is 1. The Labute approximate surface area is 176 Å². The lowest BCUT2D eigenvalue weighted by atomic mass is 9.96. The monoisotopic (exact) mass is 431 g/mol. The van der Waals surface area contributed by atoms with Crippen LogP contribution in [0.5, 0.6) is 5.75 Å². The van der Waals surface area contributed by atoms with Crippen LogP contribution in [0.2, 0.25) is 0 Å². The number of halogens is 3. The predicted octanol–water partition coefficient (Wildman–Crippen LogP) is 4.78. The second-order valence-electron chi connectivity index (χ2n) is 7.33. The lowest BCUT2D eigenvalue weighted by Gasteiger charge is -2.30. The summed E-state index contributed by atoms with van der Waals surface area (Å²) in [5, 5.41) is 4.05. The van der Waals surface area contributed by atoms with Crippen molar-refractivity contribution in [3.05, 3.63) is 65.5 Å². The summed E-state index contributed by atoms with van der Waals surface area (Å²) in [7, 11) is 1.58. The van der Waals surface area contributed by atoms with Crippen molar-refractivity contribution in [3.63, 3.8) is 0 Å². The van der Waals surface area contributed by atoms with Gasteiger partial charge in [-0.1, -0.05) is 17.3 Å². The lowest BCUT2D eigenvalue weighted by molar-refractivity contribution is -0.137. The molecule has 0 saturated carbocycles. The summed E-state index contributed by atoms with van der Waals surface area (Å²) >= 11 is 0. The molecule has 1 aliphatic rings. The number of aromatic nitrogens is 2. The number of likely N-dealkylation sites (tertiary alicyclic amines) is 1. The molecule has 0 aliphatic carbocycles. The third kappa shape index (κ3) is 4.55. The van der Waals surface area contributed by atoms with E-state index in [1.807, 2.05) is 24.3 Å². The second kappa shape index (κ2) is 8.41. The summed E-state index contributed by atoms with van der Waals surface area (Å²) in [6, 6.07) is 11.6. The highest BCUT2D eigenvalue weighted by atomic mass is 19.4. The minimum atomic E-state index is -4.42. The van der Waals surface area contributed by atoms with Gasteiger partial charge in [-0.05, 0) is 49.2 Å².